The summed E-state index contributed by atoms with van der Waals surface area (Å²) in [6.07, 6.45) is 9.89. The number of halogens is 1. The van der Waals surface area contributed by atoms with Crippen molar-refractivity contribution in [1.82, 2.24) is 0 Å². The Morgan fingerprint density at radius 2 is 1.86 bits per heavy atom. The summed E-state index contributed by atoms with van der Waals surface area (Å²) in [5, 5.41) is 0. The molecule has 0 aromatic carbocycles. The molecule has 1 aromatic heterocycles. The second-order valence-electron chi connectivity index (χ2n) is 9.08. The highest BCUT2D eigenvalue weighted by Crippen LogP contribution is 2.71. The molecule has 0 aliphatic heterocycles. The van der Waals surface area contributed by atoms with E-state index in [0.717, 1.165) is 5.92 Å². The molecule has 1 nitrogen and oxygen atoms in total. The van der Waals surface area contributed by atoms with Crippen molar-refractivity contribution >= 4 is 27.3 Å². The first-order chi connectivity index (χ1) is 9.79. The summed E-state index contributed by atoms with van der Waals surface area (Å²) in [7, 11) is 0. The van der Waals surface area contributed by atoms with Gasteiger partial charge in [0.2, 0.25) is 0 Å². The van der Waals surface area contributed by atoms with Gasteiger partial charge in [0.1, 0.15) is 0 Å². The van der Waals surface area contributed by atoms with Gasteiger partial charge in [-0.2, -0.15) is 0 Å². The lowest BCUT2D eigenvalue weighted by Gasteiger charge is -2.66. The van der Waals surface area contributed by atoms with E-state index in [-0.39, 0.29) is 6.04 Å². The van der Waals surface area contributed by atoms with Gasteiger partial charge >= 0.3 is 0 Å². The van der Waals surface area contributed by atoms with E-state index in [1.54, 1.807) is 0 Å². The van der Waals surface area contributed by atoms with Crippen LogP contribution in [0, 0.1) is 22.2 Å². The Labute approximate surface area is 140 Å². The first-order valence-electron chi connectivity index (χ1n) is 8.30. The minimum atomic E-state index is 0.227. The Morgan fingerprint density at radius 1 is 1.19 bits per heavy atom. The molecule has 3 atom stereocenters. The maximum atomic E-state index is 6.61. The summed E-state index contributed by atoms with van der Waals surface area (Å²) in [5.41, 5.74) is 8.33. The molecule has 4 saturated carbocycles. The van der Waals surface area contributed by atoms with Crippen LogP contribution < -0.4 is 5.73 Å². The standard InChI is InChI=1S/C18H26BrNS/c1-16-5-12-6-17(2,9-16)11-18(7-12,10-16)8-13(20)14-3-4-15(19)21-14/h3-4,12-13H,5-11,20H2,1-2H3. The van der Waals surface area contributed by atoms with Crippen LogP contribution in [0.3, 0.4) is 0 Å². The molecule has 2 N–H and O–H groups in total. The third-order valence-electron chi connectivity index (χ3n) is 6.35. The van der Waals surface area contributed by atoms with E-state index >= 15 is 0 Å². The summed E-state index contributed by atoms with van der Waals surface area (Å²) >= 11 is 5.39. The maximum Gasteiger partial charge on any atom is 0.0701 e. The highest BCUT2D eigenvalue weighted by atomic mass is 79.9. The molecule has 4 bridgehead atoms. The van der Waals surface area contributed by atoms with Crippen molar-refractivity contribution in [2.45, 2.75) is 64.8 Å². The highest BCUT2D eigenvalue weighted by molar-refractivity contribution is 9.11. The predicted octanol–water partition coefficient (Wildman–Crippen LogP) is 5.90. The minimum Gasteiger partial charge on any atom is -0.323 e. The molecule has 4 fully saturated rings. The second kappa shape index (κ2) is 4.58. The van der Waals surface area contributed by atoms with Crippen LogP contribution in [0.5, 0.6) is 0 Å². The van der Waals surface area contributed by atoms with Crippen molar-refractivity contribution in [3.8, 4) is 0 Å². The van der Waals surface area contributed by atoms with Gasteiger partial charge in [0, 0.05) is 10.9 Å². The Balaban J connectivity index is 1.59. The number of rotatable bonds is 3. The summed E-state index contributed by atoms with van der Waals surface area (Å²) in [6, 6.07) is 4.58. The van der Waals surface area contributed by atoms with E-state index in [9.17, 15) is 0 Å². The summed E-state index contributed by atoms with van der Waals surface area (Å²) < 4.78 is 1.21. The average molecular weight is 368 g/mol. The Kier molecular flexibility index (Phi) is 3.21. The molecule has 116 valence electrons. The first-order valence-corrected chi connectivity index (χ1v) is 9.91. The Bertz CT molecular complexity index is 547. The van der Waals surface area contributed by atoms with Crippen LogP contribution in [-0.4, -0.2) is 0 Å². The van der Waals surface area contributed by atoms with Gasteiger partial charge in [-0.1, -0.05) is 13.8 Å². The average Bonchev–Trinajstić information content (AvgIpc) is 2.70. The van der Waals surface area contributed by atoms with Crippen LogP contribution >= 0.6 is 27.3 Å². The van der Waals surface area contributed by atoms with Gasteiger partial charge in [-0.05, 0) is 95.2 Å². The van der Waals surface area contributed by atoms with Crippen molar-refractivity contribution < 1.29 is 0 Å². The first kappa shape index (κ1) is 14.7. The van der Waals surface area contributed by atoms with E-state index in [0.29, 0.717) is 16.2 Å². The SMILES string of the molecule is CC12CC3CC(C)(C1)CC(CC(N)c1ccc(Br)s1)(C3)C2. The molecule has 1 aromatic rings. The lowest BCUT2D eigenvalue weighted by molar-refractivity contribution is -0.149. The number of hydrogen-bond acceptors (Lipinski definition) is 2. The maximum absolute atomic E-state index is 6.61. The molecule has 5 rings (SSSR count). The molecule has 1 heterocycles. The van der Waals surface area contributed by atoms with Gasteiger partial charge in [0.05, 0.1) is 3.79 Å². The van der Waals surface area contributed by atoms with E-state index in [1.165, 1.54) is 53.6 Å². The largest absolute Gasteiger partial charge is 0.323 e. The fraction of sp³-hybridized carbons (Fsp3) is 0.778. The summed E-state index contributed by atoms with van der Waals surface area (Å²) in [6.45, 7) is 5.11. The zero-order valence-electron chi connectivity index (χ0n) is 13.1. The molecule has 0 radical (unpaired) electrons. The lowest BCUT2D eigenvalue weighted by atomic mass is 9.39. The van der Waals surface area contributed by atoms with Crippen LogP contribution in [0.2, 0.25) is 0 Å². The van der Waals surface area contributed by atoms with Crippen LogP contribution in [-0.2, 0) is 0 Å². The topological polar surface area (TPSA) is 26.0 Å². The van der Waals surface area contributed by atoms with Gasteiger partial charge < -0.3 is 5.73 Å². The van der Waals surface area contributed by atoms with Gasteiger partial charge in [-0.3, -0.25) is 0 Å². The van der Waals surface area contributed by atoms with Gasteiger partial charge in [-0.15, -0.1) is 11.3 Å². The third kappa shape index (κ3) is 2.53. The molecule has 0 amide bonds. The number of nitrogens with two attached hydrogens (primary N) is 1. The third-order valence-corrected chi connectivity index (χ3v) is 8.11. The molecule has 21 heavy (non-hydrogen) atoms. The lowest BCUT2D eigenvalue weighted by Crippen LogP contribution is -2.55. The van der Waals surface area contributed by atoms with E-state index in [2.05, 4.69) is 41.9 Å². The molecule has 0 spiro atoms. The van der Waals surface area contributed by atoms with Crippen molar-refractivity contribution in [2.75, 3.05) is 0 Å². The van der Waals surface area contributed by atoms with Crippen molar-refractivity contribution in [3.63, 3.8) is 0 Å². The zero-order valence-corrected chi connectivity index (χ0v) is 15.5. The molecular weight excluding hydrogens is 342 g/mol. The quantitative estimate of drug-likeness (QED) is 0.707. The van der Waals surface area contributed by atoms with Crippen LogP contribution in [0.4, 0.5) is 0 Å². The summed E-state index contributed by atoms with van der Waals surface area (Å²) in [5.74, 6) is 0.971. The zero-order chi connectivity index (χ0) is 14.9. The van der Waals surface area contributed by atoms with Crippen molar-refractivity contribution in [1.29, 1.82) is 0 Å². The van der Waals surface area contributed by atoms with Crippen molar-refractivity contribution in [2.24, 2.45) is 27.9 Å². The highest BCUT2D eigenvalue weighted by Gasteiger charge is 2.60. The molecule has 0 saturated heterocycles. The van der Waals surface area contributed by atoms with E-state index in [4.69, 9.17) is 5.73 Å². The number of hydrogen-bond donors (Lipinski definition) is 1. The molecule has 3 heteroatoms. The normalized spacial score (nSPS) is 46.0. The van der Waals surface area contributed by atoms with Crippen LogP contribution in [0.25, 0.3) is 0 Å². The van der Waals surface area contributed by atoms with Gasteiger partial charge in [0.15, 0.2) is 0 Å². The number of thiophene rings is 1. The molecular formula is C18H26BrNS. The van der Waals surface area contributed by atoms with Gasteiger partial charge in [0.25, 0.3) is 0 Å². The Morgan fingerprint density at radius 3 is 2.38 bits per heavy atom. The summed E-state index contributed by atoms with van der Waals surface area (Å²) in [4.78, 5) is 1.35. The monoisotopic (exact) mass is 367 g/mol. The fourth-order valence-electron chi connectivity index (χ4n) is 7.01. The smallest absolute Gasteiger partial charge is 0.0701 e. The molecule has 3 unspecified atom stereocenters. The fourth-order valence-corrected chi connectivity index (χ4v) is 8.43. The van der Waals surface area contributed by atoms with Crippen LogP contribution in [0.1, 0.15) is 69.7 Å². The van der Waals surface area contributed by atoms with Crippen LogP contribution in [0.15, 0.2) is 15.9 Å². The van der Waals surface area contributed by atoms with Crippen molar-refractivity contribution in [3.05, 3.63) is 20.8 Å². The van der Waals surface area contributed by atoms with E-state index in [1.807, 2.05) is 11.3 Å². The Hall–Kier alpha value is 0.140. The van der Waals surface area contributed by atoms with E-state index < -0.39 is 0 Å². The molecule has 4 aliphatic rings. The second-order valence-corrected chi connectivity index (χ2v) is 11.6. The molecule has 4 aliphatic carbocycles. The predicted molar refractivity (Wildman–Crippen MR) is 93.4 cm³/mol. The van der Waals surface area contributed by atoms with Gasteiger partial charge in [-0.25, -0.2) is 0 Å². The minimum absolute atomic E-state index is 0.227.